The Bertz CT molecular complexity index is 1240. The van der Waals surface area contributed by atoms with E-state index in [2.05, 4.69) is 15.3 Å². The second-order valence-corrected chi connectivity index (χ2v) is 8.97. The number of hydrogen-bond acceptors (Lipinski definition) is 6. The van der Waals surface area contributed by atoms with E-state index >= 15 is 0 Å². The van der Waals surface area contributed by atoms with Gasteiger partial charge in [-0.15, -0.1) is 11.3 Å². The molecule has 0 radical (unpaired) electrons. The van der Waals surface area contributed by atoms with Crippen molar-refractivity contribution < 1.29 is 9.21 Å². The van der Waals surface area contributed by atoms with Crippen molar-refractivity contribution in [3.05, 3.63) is 84.9 Å². The summed E-state index contributed by atoms with van der Waals surface area (Å²) in [6.45, 7) is 0. The summed E-state index contributed by atoms with van der Waals surface area (Å²) in [4.78, 5) is 21.7. The molecule has 0 unspecified atom stereocenters. The predicted octanol–water partition coefficient (Wildman–Crippen LogP) is 6.35. The number of thiazole rings is 1. The number of anilines is 1. The van der Waals surface area contributed by atoms with Gasteiger partial charge in [0, 0.05) is 11.1 Å². The minimum absolute atomic E-state index is 0.188. The van der Waals surface area contributed by atoms with Crippen molar-refractivity contribution in [2.75, 3.05) is 11.1 Å². The number of hydrogen-bond donors (Lipinski definition) is 1. The summed E-state index contributed by atoms with van der Waals surface area (Å²) in [7, 11) is 0. The van der Waals surface area contributed by atoms with E-state index < -0.39 is 0 Å². The number of carbonyl (C=O) groups excluding carboxylic acids is 1. The Hall–Kier alpha value is -3.42. The highest BCUT2D eigenvalue weighted by Crippen LogP contribution is 2.34. The maximum atomic E-state index is 12.5. The first kappa shape index (κ1) is 19.5. The molecule has 0 saturated carbocycles. The van der Waals surface area contributed by atoms with E-state index in [-0.39, 0.29) is 17.7 Å². The number of rotatable bonds is 6. The van der Waals surface area contributed by atoms with E-state index in [0.717, 1.165) is 25.7 Å². The lowest BCUT2D eigenvalue weighted by Gasteiger charge is -2.00. The molecule has 0 bridgehead atoms. The van der Waals surface area contributed by atoms with Gasteiger partial charge in [0.15, 0.2) is 10.1 Å². The molecule has 0 aliphatic heterocycles. The Labute approximate surface area is 187 Å². The van der Waals surface area contributed by atoms with Gasteiger partial charge in [-0.1, -0.05) is 84.6 Å². The Morgan fingerprint density at radius 1 is 0.871 bits per heavy atom. The van der Waals surface area contributed by atoms with E-state index in [0.29, 0.717) is 11.5 Å². The van der Waals surface area contributed by atoms with Crippen molar-refractivity contribution in [1.82, 2.24) is 9.97 Å². The molecule has 5 rings (SSSR count). The summed E-state index contributed by atoms with van der Waals surface area (Å²) in [6.07, 6.45) is 0. The van der Waals surface area contributed by atoms with Crippen LogP contribution in [-0.2, 0) is 4.79 Å². The molecule has 7 heteroatoms. The first-order valence-electron chi connectivity index (χ1n) is 9.66. The Kier molecular flexibility index (Phi) is 5.52. The van der Waals surface area contributed by atoms with Crippen LogP contribution < -0.4 is 5.32 Å². The third-order valence-electron chi connectivity index (χ3n) is 4.56. The highest BCUT2D eigenvalue weighted by Gasteiger charge is 2.18. The summed E-state index contributed by atoms with van der Waals surface area (Å²) >= 11 is 2.98. The number of nitrogens with one attached hydrogen (secondary N) is 1. The zero-order valence-corrected chi connectivity index (χ0v) is 18.0. The third kappa shape index (κ3) is 4.38. The van der Waals surface area contributed by atoms with E-state index in [9.17, 15) is 4.79 Å². The van der Waals surface area contributed by atoms with Crippen LogP contribution in [0.3, 0.4) is 0 Å². The van der Waals surface area contributed by atoms with Gasteiger partial charge < -0.3 is 4.42 Å². The third-order valence-corrected chi connectivity index (χ3v) is 6.74. The van der Waals surface area contributed by atoms with Gasteiger partial charge in [0.2, 0.25) is 5.91 Å². The SMILES string of the molecule is O=C(CSc1nc2ccccc2s1)Nc1nc(-c2ccccc2)c(-c2ccccc2)o1. The molecule has 152 valence electrons. The summed E-state index contributed by atoms with van der Waals surface area (Å²) in [5.41, 5.74) is 3.47. The number of amides is 1. The molecular weight excluding hydrogens is 426 g/mol. The van der Waals surface area contributed by atoms with E-state index in [1.54, 1.807) is 11.3 Å². The van der Waals surface area contributed by atoms with E-state index in [4.69, 9.17) is 4.42 Å². The molecule has 1 amide bonds. The number of oxazole rings is 1. The average Bonchev–Trinajstić information content (AvgIpc) is 3.43. The number of aromatic nitrogens is 2. The minimum atomic E-state index is -0.190. The van der Waals surface area contributed by atoms with Crippen LogP contribution in [0.2, 0.25) is 0 Å². The first-order chi connectivity index (χ1) is 15.3. The highest BCUT2D eigenvalue weighted by molar-refractivity contribution is 8.01. The molecule has 31 heavy (non-hydrogen) atoms. The Balaban J connectivity index is 1.35. The maximum absolute atomic E-state index is 12.5. The quantitative estimate of drug-likeness (QED) is 0.310. The van der Waals surface area contributed by atoms with Gasteiger partial charge in [0.1, 0.15) is 5.69 Å². The zero-order valence-electron chi connectivity index (χ0n) is 16.3. The standard InChI is InChI=1S/C24H17N3O2S2/c28-20(15-30-24-25-18-13-7-8-14-19(18)31-24)26-23-27-21(16-9-3-1-4-10-16)22(29-23)17-11-5-2-6-12-17/h1-14H,15H2,(H,26,27,28). The normalized spacial score (nSPS) is 11.0. The predicted molar refractivity (Wildman–Crippen MR) is 126 cm³/mol. The molecule has 2 aromatic heterocycles. The largest absolute Gasteiger partial charge is 0.423 e. The first-order valence-corrected chi connectivity index (χ1v) is 11.5. The second-order valence-electron chi connectivity index (χ2n) is 6.71. The van der Waals surface area contributed by atoms with Crippen LogP contribution in [0.4, 0.5) is 6.01 Å². The maximum Gasteiger partial charge on any atom is 0.302 e. The molecule has 1 N–H and O–H groups in total. The lowest BCUT2D eigenvalue weighted by Crippen LogP contribution is -2.14. The van der Waals surface area contributed by atoms with Crippen LogP contribution in [-0.4, -0.2) is 21.6 Å². The monoisotopic (exact) mass is 443 g/mol. The highest BCUT2D eigenvalue weighted by atomic mass is 32.2. The van der Waals surface area contributed by atoms with Gasteiger partial charge in [0.05, 0.1) is 16.0 Å². The molecule has 5 nitrogen and oxygen atoms in total. The van der Waals surface area contributed by atoms with Crippen molar-refractivity contribution in [3.63, 3.8) is 0 Å². The Morgan fingerprint density at radius 2 is 1.55 bits per heavy atom. The summed E-state index contributed by atoms with van der Waals surface area (Å²) in [5, 5.41) is 2.79. The fourth-order valence-electron chi connectivity index (χ4n) is 3.15. The summed E-state index contributed by atoms with van der Waals surface area (Å²) in [6, 6.07) is 27.7. The Morgan fingerprint density at radius 3 is 2.29 bits per heavy atom. The average molecular weight is 444 g/mol. The van der Waals surface area contributed by atoms with Crippen molar-refractivity contribution in [3.8, 4) is 22.6 Å². The molecule has 2 heterocycles. The fourth-order valence-corrected chi connectivity index (χ4v) is 5.01. The van der Waals surface area contributed by atoms with Crippen molar-refractivity contribution in [1.29, 1.82) is 0 Å². The van der Waals surface area contributed by atoms with E-state index in [1.165, 1.54) is 11.8 Å². The number of nitrogens with zero attached hydrogens (tertiary/aromatic N) is 2. The number of fused-ring (bicyclic) bond motifs is 1. The lowest BCUT2D eigenvalue weighted by atomic mass is 10.1. The molecule has 0 spiro atoms. The molecule has 3 aromatic carbocycles. The second kappa shape index (κ2) is 8.75. The van der Waals surface area contributed by atoms with Gasteiger partial charge in [0.25, 0.3) is 0 Å². The summed E-state index contributed by atoms with van der Waals surface area (Å²) < 4.78 is 7.93. The number of benzene rings is 3. The van der Waals surface area contributed by atoms with Gasteiger partial charge in [-0.25, -0.2) is 4.98 Å². The number of thioether (sulfide) groups is 1. The van der Waals surface area contributed by atoms with Crippen molar-refractivity contribution >= 4 is 45.2 Å². The van der Waals surface area contributed by atoms with Gasteiger partial charge in [-0.3, -0.25) is 10.1 Å². The van der Waals surface area contributed by atoms with Crippen LogP contribution in [0.1, 0.15) is 0 Å². The van der Waals surface area contributed by atoms with Crippen LogP contribution >= 0.6 is 23.1 Å². The fraction of sp³-hybridized carbons (Fsp3) is 0.0417. The van der Waals surface area contributed by atoms with Crippen molar-refractivity contribution in [2.45, 2.75) is 4.34 Å². The molecule has 0 aliphatic carbocycles. The molecule has 0 saturated heterocycles. The topological polar surface area (TPSA) is 68.0 Å². The number of para-hydroxylation sites is 1. The molecule has 0 atom stereocenters. The van der Waals surface area contributed by atoms with Gasteiger partial charge in [-0.05, 0) is 12.1 Å². The van der Waals surface area contributed by atoms with E-state index in [1.807, 2.05) is 84.9 Å². The number of carbonyl (C=O) groups is 1. The van der Waals surface area contributed by atoms with Gasteiger partial charge in [-0.2, -0.15) is 4.98 Å². The van der Waals surface area contributed by atoms with Crippen LogP contribution in [0, 0.1) is 0 Å². The molecular formula is C24H17N3O2S2. The molecule has 0 fully saturated rings. The van der Waals surface area contributed by atoms with Crippen LogP contribution in [0.5, 0.6) is 0 Å². The van der Waals surface area contributed by atoms with Crippen LogP contribution in [0.25, 0.3) is 32.8 Å². The molecule has 0 aliphatic rings. The minimum Gasteiger partial charge on any atom is -0.423 e. The van der Waals surface area contributed by atoms with Gasteiger partial charge >= 0.3 is 6.01 Å². The smallest absolute Gasteiger partial charge is 0.302 e. The van der Waals surface area contributed by atoms with Crippen molar-refractivity contribution in [2.24, 2.45) is 0 Å². The summed E-state index contributed by atoms with van der Waals surface area (Å²) in [5.74, 6) is 0.662. The molecule has 5 aromatic rings. The lowest BCUT2D eigenvalue weighted by molar-refractivity contribution is -0.113. The van der Waals surface area contributed by atoms with Crippen LogP contribution in [0.15, 0.2) is 93.7 Å². The zero-order chi connectivity index (χ0) is 21.0.